The first-order valence-corrected chi connectivity index (χ1v) is 8.72. The fraction of sp³-hybridized carbons (Fsp3) is 0.706. The second-order valence-corrected chi connectivity index (χ2v) is 6.44. The SMILES string of the molecule is CCCNCc1cc(N2CCC(CCC)CC2)ncc1Cl. The van der Waals surface area contributed by atoms with E-state index in [0.717, 1.165) is 54.9 Å². The smallest absolute Gasteiger partial charge is 0.128 e. The van der Waals surface area contributed by atoms with Crippen LogP contribution in [0, 0.1) is 5.92 Å². The van der Waals surface area contributed by atoms with Gasteiger partial charge in [0, 0.05) is 25.8 Å². The first-order chi connectivity index (χ1) is 10.2. The summed E-state index contributed by atoms with van der Waals surface area (Å²) in [7, 11) is 0. The average molecular weight is 310 g/mol. The zero-order valence-corrected chi connectivity index (χ0v) is 14.1. The number of anilines is 1. The lowest BCUT2D eigenvalue weighted by molar-refractivity contribution is 0.377. The van der Waals surface area contributed by atoms with Gasteiger partial charge in [-0.25, -0.2) is 4.98 Å². The number of nitrogens with zero attached hydrogens (tertiary/aromatic N) is 2. The van der Waals surface area contributed by atoms with Crippen LogP contribution in [0.15, 0.2) is 12.3 Å². The third-order valence-corrected chi connectivity index (χ3v) is 4.64. The van der Waals surface area contributed by atoms with E-state index >= 15 is 0 Å². The molecular weight excluding hydrogens is 282 g/mol. The molecule has 0 unspecified atom stereocenters. The van der Waals surface area contributed by atoms with E-state index in [1.807, 2.05) is 0 Å². The maximum atomic E-state index is 6.26. The lowest BCUT2D eigenvalue weighted by Gasteiger charge is -2.33. The Morgan fingerprint density at radius 2 is 2.05 bits per heavy atom. The van der Waals surface area contributed by atoms with Crippen molar-refractivity contribution in [3.63, 3.8) is 0 Å². The molecule has 1 aromatic rings. The predicted octanol–water partition coefficient (Wildman–Crippen LogP) is 4.25. The van der Waals surface area contributed by atoms with Gasteiger partial charge < -0.3 is 10.2 Å². The van der Waals surface area contributed by atoms with Gasteiger partial charge in [0.1, 0.15) is 5.82 Å². The van der Waals surface area contributed by atoms with Crippen LogP contribution in [0.2, 0.25) is 5.02 Å². The van der Waals surface area contributed by atoms with Crippen molar-refractivity contribution in [1.29, 1.82) is 0 Å². The van der Waals surface area contributed by atoms with E-state index < -0.39 is 0 Å². The average Bonchev–Trinajstić information content (AvgIpc) is 2.51. The van der Waals surface area contributed by atoms with E-state index in [2.05, 4.69) is 35.1 Å². The molecule has 0 atom stereocenters. The molecule has 4 heteroatoms. The lowest BCUT2D eigenvalue weighted by atomic mass is 9.92. The molecule has 0 spiro atoms. The Morgan fingerprint density at radius 3 is 2.71 bits per heavy atom. The van der Waals surface area contributed by atoms with Gasteiger partial charge >= 0.3 is 0 Å². The molecule has 0 saturated carbocycles. The van der Waals surface area contributed by atoms with E-state index in [1.54, 1.807) is 6.20 Å². The maximum absolute atomic E-state index is 6.26. The molecule has 0 radical (unpaired) electrons. The molecular formula is C17H28ClN3. The molecule has 118 valence electrons. The summed E-state index contributed by atoms with van der Waals surface area (Å²) in [5, 5.41) is 4.18. The van der Waals surface area contributed by atoms with E-state index in [4.69, 9.17) is 11.6 Å². The standard InChI is InChI=1S/C17H28ClN3/c1-3-5-14-6-9-21(10-7-14)17-11-15(12-19-8-4-2)16(18)13-20-17/h11,13-14,19H,3-10,12H2,1-2H3. The van der Waals surface area contributed by atoms with Gasteiger partial charge in [0.25, 0.3) is 0 Å². The summed E-state index contributed by atoms with van der Waals surface area (Å²) in [6.07, 6.45) is 8.20. The topological polar surface area (TPSA) is 28.2 Å². The fourth-order valence-corrected chi connectivity index (χ4v) is 3.21. The normalized spacial score (nSPS) is 16.4. The highest BCUT2D eigenvalue weighted by molar-refractivity contribution is 6.31. The Bertz CT molecular complexity index is 428. The fourth-order valence-electron chi connectivity index (χ4n) is 3.03. The van der Waals surface area contributed by atoms with Crippen LogP contribution in [0.25, 0.3) is 0 Å². The summed E-state index contributed by atoms with van der Waals surface area (Å²) in [5.41, 5.74) is 1.16. The van der Waals surface area contributed by atoms with Crippen LogP contribution in [-0.4, -0.2) is 24.6 Å². The Labute approximate surface area is 134 Å². The third-order valence-electron chi connectivity index (χ3n) is 4.30. The minimum Gasteiger partial charge on any atom is -0.357 e. The minimum atomic E-state index is 0.767. The van der Waals surface area contributed by atoms with Crippen LogP contribution >= 0.6 is 11.6 Å². The van der Waals surface area contributed by atoms with Crippen molar-refractivity contribution in [2.45, 2.75) is 52.5 Å². The number of pyridine rings is 1. The van der Waals surface area contributed by atoms with Crippen molar-refractivity contribution >= 4 is 17.4 Å². The van der Waals surface area contributed by atoms with E-state index in [-0.39, 0.29) is 0 Å². The molecule has 1 aliphatic heterocycles. The zero-order chi connectivity index (χ0) is 15.1. The van der Waals surface area contributed by atoms with Gasteiger partial charge in [0.15, 0.2) is 0 Å². The van der Waals surface area contributed by atoms with Crippen molar-refractivity contribution in [2.24, 2.45) is 5.92 Å². The summed E-state index contributed by atoms with van der Waals surface area (Å²) in [4.78, 5) is 6.94. The number of aromatic nitrogens is 1. The Kier molecular flexibility index (Phi) is 6.78. The van der Waals surface area contributed by atoms with Gasteiger partial charge in [-0.05, 0) is 43.4 Å². The number of halogens is 1. The van der Waals surface area contributed by atoms with Crippen molar-refractivity contribution in [3.8, 4) is 0 Å². The molecule has 1 aromatic heterocycles. The second-order valence-electron chi connectivity index (χ2n) is 6.03. The lowest BCUT2D eigenvalue weighted by Crippen LogP contribution is -2.34. The zero-order valence-electron chi connectivity index (χ0n) is 13.4. The molecule has 2 rings (SSSR count). The highest BCUT2D eigenvalue weighted by Gasteiger charge is 2.20. The van der Waals surface area contributed by atoms with Crippen LogP contribution in [0.3, 0.4) is 0 Å². The number of rotatable bonds is 7. The van der Waals surface area contributed by atoms with E-state index in [9.17, 15) is 0 Å². The number of hydrogen-bond donors (Lipinski definition) is 1. The first kappa shape index (κ1) is 16.6. The van der Waals surface area contributed by atoms with Crippen LogP contribution in [0.4, 0.5) is 5.82 Å². The Morgan fingerprint density at radius 1 is 1.29 bits per heavy atom. The van der Waals surface area contributed by atoms with Gasteiger partial charge in [-0.2, -0.15) is 0 Å². The molecule has 2 heterocycles. The van der Waals surface area contributed by atoms with Gasteiger partial charge in [-0.1, -0.05) is 38.3 Å². The van der Waals surface area contributed by atoms with Gasteiger partial charge in [-0.15, -0.1) is 0 Å². The Hall–Kier alpha value is -0.800. The van der Waals surface area contributed by atoms with Crippen molar-refractivity contribution in [2.75, 3.05) is 24.5 Å². The van der Waals surface area contributed by atoms with Gasteiger partial charge in [0.2, 0.25) is 0 Å². The molecule has 1 aliphatic rings. The quantitative estimate of drug-likeness (QED) is 0.763. The highest BCUT2D eigenvalue weighted by Crippen LogP contribution is 2.27. The second kappa shape index (κ2) is 8.60. The number of piperidine rings is 1. The van der Waals surface area contributed by atoms with Crippen molar-refractivity contribution in [1.82, 2.24) is 10.3 Å². The molecule has 1 saturated heterocycles. The molecule has 0 bridgehead atoms. The van der Waals surface area contributed by atoms with Crippen LogP contribution in [0.5, 0.6) is 0 Å². The van der Waals surface area contributed by atoms with Crippen LogP contribution in [0.1, 0.15) is 51.5 Å². The number of hydrogen-bond acceptors (Lipinski definition) is 3. The van der Waals surface area contributed by atoms with Crippen molar-refractivity contribution < 1.29 is 0 Å². The monoisotopic (exact) mass is 309 g/mol. The summed E-state index contributed by atoms with van der Waals surface area (Å²) in [6.45, 7) is 8.56. The van der Waals surface area contributed by atoms with Gasteiger partial charge in [-0.3, -0.25) is 0 Å². The Balaban J connectivity index is 1.95. The molecule has 21 heavy (non-hydrogen) atoms. The maximum Gasteiger partial charge on any atom is 0.128 e. The predicted molar refractivity (Wildman–Crippen MR) is 91.1 cm³/mol. The van der Waals surface area contributed by atoms with Crippen LogP contribution < -0.4 is 10.2 Å². The van der Waals surface area contributed by atoms with Crippen molar-refractivity contribution in [3.05, 3.63) is 22.8 Å². The molecule has 3 nitrogen and oxygen atoms in total. The minimum absolute atomic E-state index is 0.767. The third kappa shape index (κ3) is 4.86. The molecule has 1 N–H and O–H groups in total. The first-order valence-electron chi connectivity index (χ1n) is 8.34. The van der Waals surface area contributed by atoms with E-state index in [1.165, 1.54) is 25.7 Å². The molecule has 1 fully saturated rings. The summed E-state index contributed by atoms with van der Waals surface area (Å²) in [6, 6.07) is 2.16. The summed E-state index contributed by atoms with van der Waals surface area (Å²) < 4.78 is 0. The molecule has 0 aliphatic carbocycles. The molecule has 0 aromatic carbocycles. The van der Waals surface area contributed by atoms with Crippen LogP contribution in [-0.2, 0) is 6.54 Å². The van der Waals surface area contributed by atoms with E-state index in [0.29, 0.717) is 0 Å². The molecule has 0 amide bonds. The van der Waals surface area contributed by atoms with Gasteiger partial charge in [0.05, 0.1) is 5.02 Å². The highest BCUT2D eigenvalue weighted by atomic mass is 35.5. The largest absolute Gasteiger partial charge is 0.357 e. The number of nitrogens with one attached hydrogen (secondary N) is 1. The summed E-state index contributed by atoms with van der Waals surface area (Å²) >= 11 is 6.26. The summed E-state index contributed by atoms with van der Waals surface area (Å²) in [5.74, 6) is 1.99.